The lowest BCUT2D eigenvalue weighted by atomic mass is 9.82. The predicted octanol–water partition coefficient (Wildman–Crippen LogP) is 1.20. The first-order valence-corrected chi connectivity index (χ1v) is 8.76. The number of benzene rings is 1. The second-order valence-electron chi connectivity index (χ2n) is 6.71. The number of imide groups is 1. The van der Waals surface area contributed by atoms with E-state index >= 15 is 0 Å². The normalized spacial score (nSPS) is 18.3. The van der Waals surface area contributed by atoms with Crippen LogP contribution >= 0.6 is 0 Å². The lowest BCUT2D eigenvalue weighted by Gasteiger charge is -2.30. The Morgan fingerprint density at radius 3 is 2.48 bits per heavy atom. The summed E-state index contributed by atoms with van der Waals surface area (Å²) in [5, 5.41) is 3.32. The molecule has 27 heavy (non-hydrogen) atoms. The average Bonchev–Trinajstić information content (AvgIpc) is 2.86. The summed E-state index contributed by atoms with van der Waals surface area (Å²) in [6.45, 7) is -0.635. The largest absolute Gasteiger partial charge is 0.455 e. The van der Waals surface area contributed by atoms with E-state index in [0.29, 0.717) is 23.4 Å². The smallest absolute Gasteiger partial charge is 0.344 e. The van der Waals surface area contributed by atoms with Gasteiger partial charge in [-0.1, -0.05) is 31.4 Å². The van der Waals surface area contributed by atoms with Gasteiger partial charge in [0, 0.05) is 0 Å². The molecule has 1 aromatic rings. The molecule has 1 spiro atoms. The summed E-state index contributed by atoms with van der Waals surface area (Å²) in [6, 6.07) is 4.62. The van der Waals surface area contributed by atoms with Crippen LogP contribution in [-0.2, 0) is 25.5 Å². The van der Waals surface area contributed by atoms with Crippen molar-refractivity contribution in [2.45, 2.75) is 44.1 Å². The fourth-order valence-corrected chi connectivity index (χ4v) is 3.34. The number of nitrogens with one attached hydrogen (secondary N) is 2. The molecule has 2 fully saturated rings. The highest BCUT2D eigenvalue weighted by molar-refractivity contribution is 6.08. The van der Waals surface area contributed by atoms with Crippen LogP contribution in [0.3, 0.4) is 0 Å². The molecule has 0 bridgehead atoms. The van der Waals surface area contributed by atoms with E-state index in [1.807, 2.05) is 0 Å². The molecule has 1 heterocycles. The van der Waals surface area contributed by atoms with Crippen LogP contribution in [0, 0.1) is 5.82 Å². The third-order valence-electron chi connectivity index (χ3n) is 4.73. The van der Waals surface area contributed by atoms with Gasteiger partial charge in [0.2, 0.25) is 0 Å². The minimum absolute atomic E-state index is 0.125. The summed E-state index contributed by atoms with van der Waals surface area (Å²) in [5.74, 6) is -2.38. The van der Waals surface area contributed by atoms with Gasteiger partial charge in [0.25, 0.3) is 11.8 Å². The lowest BCUT2D eigenvalue weighted by molar-refractivity contribution is -0.150. The molecule has 2 N–H and O–H groups in total. The van der Waals surface area contributed by atoms with Gasteiger partial charge in [-0.05, 0) is 30.5 Å². The molecule has 2 aliphatic rings. The Morgan fingerprint density at radius 1 is 1.15 bits per heavy atom. The fraction of sp³-hybridized carbons (Fsp3) is 0.444. The number of hydrogen-bond donors (Lipinski definition) is 2. The van der Waals surface area contributed by atoms with Crippen LogP contribution in [0.15, 0.2) is 24.3 Å². The summed E-state index contributed by atoms with van der Waals surface area (Å²) < 4.78 is 17.7. The number of nitrogens with zero attached hydrogens (tertiary/aromatic N) is 1. The minimum Gasteiger partial charge on any atom is -0.455 e. The number of hydrazine groups is 1. The summed E-state index contributed by atoms with van der Waals surface area (Å²) in [6.07, 6.45) is 3.61. The Bertz CT molecular complexity index is 759. The number of ether oxygens (including phenoxy) is 1. The quantitative estimate of drug-likeness (QED) is 0.593. The van der Waals surface area contributed by atoms with Crippen molar-refractivity contribution in [3.8, 4) is 0 Å². The number of urea groups is 1. The Labute approximate surface area is 155 Å². The van der Waals surface area contributed by atoms with Gasteiger partial charge in [0.05, 0.1) is 6.42 Å². The number of amides is 4. The second kappa shape index (κ2) is 7.73. The van der Waals surface area contributed by atoms with Crippen molar-refractivity contribution in [3.05, 3.63) is 35.6 Å². The molecular formula is C18H20FN3O5. The lowest BCUT2D eigenvalue weighted by Crippen LogP contribution is -2.51. The van der Waals surface area contributed by atoms with Crippen molar-refractivity contribution in [2.75, 3.05) is 6.61 Å². The number of carbonyl (C=O) groups is 4. The number of hydrogen-bond acceptors (Lipinski definition) is 5. The maximum atomic E-state index is 12.8. The Hall–Kier alpha value is -2.97. The zero-order valence-corrected chi connectivity index (χ0v) is 14.6. The molecule has 1 aromatic carbocycles. The molecule has 0 aromatic heterocycles. The van der Waals surface area contributed by atoms with Crippen molar-refractivity contribution in [2.24, 2.45) is 0 Å². The SMILES string of the molecule is O=C(COC(=O)Cc1ccc(F)cc1)NN1C(=O)NC2(CCCCC2)C1=O. The highest BCUT2D eigenvalue weighted by Crippen LogP contribution is 2.32. The van der Waals surface area contributed by atoms with Crippen molar-refractivity contribution < 1.29 is 28.3 Å². The maximum absolute atomic E-state index is 12.8. The summed E-state index contributed by atoms with van der Waals surface area (Å²) in [7, 11) is 0. The van der Waals surface area contributed by atoms with E-state index in [1.165, 1.54) is 24.3 Å². The number of halogens is 1. The summed E-state index contributed by atoms with van der Waals surface area (Å²) in [4.78, 5) is 48.3. The molecular weight excluding hydrogens is 357 g/mol. The van der Waals surface area contributed by atoms with Crippen LogP contribution in [0.25, 0.3) is 0 Å². The average molecular weight is 377 g/mol. The van der Waals surface area contributed by atoms with Crippen LogP contribution in [0.4, 0.5) is 9.18 Å². The van der Waals surface area contributed by atoms with E-state index < -0.39 is 41.8 Å². The van der Waals surface area contributed by atoms with Crippen LogP contribution in [-0.4, -0.2) is 41.0 Å². The zero-order chi connectivity index (χ0) is 19.4. The van der Waals surface area contributed by atoms with Crippen LogP contribution in [0.2, 0.25) is 0 Å². The van der Waals surface area contributed by atoms with E-state index in [4.69, 9.17) is 4.74 Å². The first-order chi connectivity index (χ1) is 12.9. The predicted molar refractivity (Wildman–Crippen MR) is 90.4 cm³/mol. The van der Waals surface area contributed by atoms with Crippen molar-refractivity contribution in [1.82, 2.24) is 15.8 Å². The molecule has 1 saturated heterocycles. The first-order valence-electron chi connectivity index (χ1n) is 8.76. The topological polar surface area (TPSA) is 105 Å². The molecule has 144 valence electrons. The van der Waals surface area contributed by atoms with E-state index in [1.54, 1.807) is 0 Å². The molecule has 0 unspecified atom stereocenters. The van der Waals surface area contributed by atoms with Gasteiger partial charge in [-0.2, -0.15) is 5.01 Å². The zero-order valence-electron chi connectivity index (χ0n) is 14.6. The van der Waals surface area contributed by atoms with E-state index in [-0.39, 0.29) is 6.42 Å². The van der Waals surface area contributed by atoms with Gasteiger partial charge in [0.1, 0.15) is 11.4 Å². The number of carbonyl (C=O) groups excluding carboxylic acids is 4. The van der Waals surface area contributed by atoms with E-state index in [0.717, 1.165) is 19.3 Å². The van der Waals surface area contributed by atoms with Gasteiger partial charge in [-0.15, -0.1) is 0 Å². The van der Waals surface area contributed by atoms with Crippen molar-refractivity contribution in [1.29, 1.82) is 0 Å². The van der Waals surface area contributed by atoms with Crippen molar-refractivity contribution in [3.63, 3.8) is 0 Å². The Balaban J connectivity index is 1.49. The van der Waals surface area contributed by atoms with Crippen molar-refractivity contribution >= 4 is 23.8 Å². The maximum Gasteiger partial charge on any atom is 0.344 e. The highest BCUT2D eigenvalue weighted by Gasteiger charge is 2.52. The monoisotopic (exact) mass is 377 g/mol. The van der Waals surface area contributed by atoms with Gasteiger partial charge in [-0.3, -0.25) is 19.8 Å². The number of rotatable bonds is 5. The van der Waals surface area contributed by atoms with Crippen LogP contribution in [0.5, 0.6) is 0 Å². The van der Waals surface area contributed by atoms with E-state index in [9.17, 15) is 23.6 Å². The molecule has 3 rings (SSSR count). The molecule has 1 saturated carbocycles. The third kappa shape index (κ3) is 4.24. The fourth-order valence-electron chi connectivity index (χ4n) is 3.34. The summed E-state index contributed by atoms with van der Waals surface area (Å²) in [5.41, 5.74) is 1.78. The Kier molecular flexibility index (Phi) is 5.38. The molecule has 0 radical (unpaired) electrons. The van der Waals surface area contributed by atoms with Gasteiger partial charge >= 0.3 is 12.0 Å². The Morgan fingerprint density at radius 2 is 1.81 bits per heavy atom. The molecule has 1 aliphatic carbocycles. The molecule has 0 atom stereocenters. The highest BCUT2D eigenvalue weighted by atomic mass is 19.1. The van der Waals surface area contributed by atoms with Gasteiger partial charge in [-0.25, -0.2) is 9.18 Å². The third-order valence-corrected chi connectivity index (χ3v) is 4.73. The number of esters is 1. The van der Waals surface area contributed by atoms with Crippen LogP contribution < -0.4 is 10.7 Å². The van der Waals surface area contributed by atoms with Crippen LogP contribution in [0.1, 0.15) is 37.7 Å². The van der Waals surface area contributed by atoms with Gasteiger partial charge in [0.15, 0.2) is 6.61 Å². The minimum atomic E-state index is -0.943. The van der Waals surface area contributed by atoms with E-state index in [2.05, 4.69) is 10.7 Å². The first kappa shape index (κ1) is 18.8. The summed E-state index contributed by atoms with van der Waals surface area (Å²) >= 11 is 0. The molecule has 1 aliphatic heterocycles. The molecule has 4 amide bonds. The standard InChI is InChI=1S/C18H20FN3O5/c19-13-6-4-12(5-7-13)10-15(24)27-11-14(23)21-22-16(25)18(20-17(22)26)8-2-1-3-9-18/h4-7H,1-3,8-11H2,(H,20,26)(H,21,23). The second-order valence-corrected chi connectivity index (χ2v) is 6.71. The molecule has 8 nitrogen and oxygen atoms in total. The van der Waals surface area contributed by atoms with Gasteiger partial charge < -0.3 is 10.1 Å². The molecule has 9 heteroatoms.